The van der Waals surface area contributed by atoms with Crippen LogP contribution in [0.15, 0.2) is 59.1 Å². The van der Waals surface area contributed by atoms with E-state index in [1.54, 1.807) is 0 Å². The van der Waals surface area contributed by atoms with E-state index in [9.17, 15) is 0 Å². The summed E-state index contributed by atoms with van der Waals surface area (Å²) in [6.45, 7) is 5.15. The van der Waals surface area contributed by atoms with Gasteiger partial charge in [-0.05, 0) is 42.5 Å². The van der Waals surface area contributed by atoms with Crippen LogP contribution in [0.5, 0.6) is 0 Å². The van der Waals surface area contributed by atoms with E-state index in [2.05, 4.69) is 89.7 Å². The van der Waals surface area contributed by atoms with Gasteiger partial charge < -0.3 is 5.32 Å². The predicted octanol–water partition coefficient (Wildman–Crippen LogP) is 5.83. The van der Waals surface area contributed by atoms with Crippen molar-refractivity contribution in [1.29, 1.82) is 0 Å². The van der Waals surface area contributed by atoms with E-state index in [1.165, 1.54) is 33.2 Å². The molecule has 0 aliphatic heterocycles. The first-order valence-electron chi connectivity index (χ1n) is 7.12. The molecule has 0 saturated heterocycles. The lowest BCUT2D eigenvalue weighted by Gasteiger charge is -2.13. The highest BCUT2D eigenvalue weighted by Crippen LogP contribution is 2.30. The first kappa shape index (κ1) is 14.2. The first-order valence-corrected chi connectivity index (χ1v) is 7.92. The van der Waals surface area contributed by atoms with Crippen LogP contribution in [0.3, 0.4) is 0 Å². The number of hydrogen-bond donors (Lipinski definition) is 1. The fourth-order valence-corrected chi connectivity index (χ4v) is 3.08. The lowest BCUT2D eigenvalue weighted by atomic mass is 10.0. The number of aryl methyl sites for hydroxylation is 2. The normalized spacial score (nSPS) is 10.8. The van der Waals surface area contributed by atoms with Crippen molar-refractivity contribution in [1.82, 2.24) is 0 Å². The molecule has 0 amide bonds. The van der Waals surface area contributed by atoms with Gasteiger partial charge in [-0.3, -0.25) is 0 Å². The van der Waals surface area contributed by atoms with Gasteiger partial charge in [-0.1, -0.05) is 64.0 Å². The van der Waals surface area contributed by atoms with Crippen LogP contribution in [-0.2, 0) is 6.54 Å². The Bertz CT molecular complexity index is 793. The van der Waals surface area contributed by atoms with Crippen LogP contribution in [-0.4, -0.2) is 0 Å². The van der Waals surface area contributed by atoms with E-state index >= 15 is 0 Å². The van der Waals surface area contributed by atoms with Gasteiger partial charge in [-0.15, -0.1) is 0 Å². The zero-order chi connectivity index (χ0) is 14.8. The van der Waals surface area contributed by atoms with Crippen molar-refractivity contribution in [2.45, 2.75) is 20.4 Å². The van der Waals surface area contributed by atoms with Crippen LogP contribution < -0.4 is 5.32 Å². The first-order chi connectivity index (χ1) is 10.1. The minimum atomic E-state index is 0.846. The van der Waals surface area contributed by atoms with Crippen molar-refractivity contribution in [3.05, 3.63) is 75.8 Å². The molecule has 1 nitrogen and oxygen atoms in total. The third-order valence-corrected chi connectivity index (χ3v) is 4.54. The van der Waals surface area contributed by atoms with Crippen LogP contribution in [0, 0.1) is 13.8 Å². The summed E-state index contributed by atoms with van der Waals surface area (Å²) in [6, 6.07) is 19.3. The summed E-state index contributed by atoms with van der Waals surface area (Å²) in [5, 5.41) is 6.07. The van der Waals surface area contributed by atoms with Crippen LogP contribution in [0.1, 0.15) is 16.7 Å². The van der Waals surface area contributed by atoms with Gasteiger partial charge in [0.2, 0.25) is 0 Å². The molecule has 0 atom stereocenters. The van der Waals surface area contributed by atoms with Crippen molar-refractivity contribution >= 4 is 32.4 Å². The second kappa shape index (κ2) is 5.90. The molecular formula is C19H18BrN. The summed E-state index contributed by atoms with van der Waals surface area (Å²) in [5.41, 5.74) is 5.16. The summed E-state index contributed by atoms with van der Waals surface area (Å²) < 4.78 is 1.13. The molecule has 3 rings (SSSR count). The fraction of sp³-hybridized carbons (Fsp3) is 0.158. The molecule has 0 aliphatic carbocycles. The largest absolute Gasteiger partial charge is 0.380 e. The molecule has 0 bridgehead atoms. The molecule has 0 spiro atoms. The Kier molecular flexibility index (Phi) is 3.98. The Labute approximate surface area is 134 Å². The average Bonchev–Trinajstić information content (AvgIpc) is 2.50. The Morgan fingerprint density at radius 3 is 2.48 bits per heavy atom. The molecule has 1 N–H and O–H groups in total. The maximum Gasteiger partial charge on any atom is 0.0423 e. The molecule has 0 aliphatic rings. The molecule has 0 fully saturated rings. The summed E-state index contributed by atoms with van der Waals surface area (Å²) in [4.78, 5) is 0. The van der Waals surface area contributed by atoms with E-state index in [4.69, 9.17) is 0 Å². The monoisotopic (exact) mass is 339 g/mol. The van der Waals surface area contributed by atoms with E-state index < -0.39 is 0 Å². The van der Waals surface area contributed by atoms with Gasteiger partial charge in [0.15, 0.2) is 0 Å². The summed E-state index contributed by atoms with van der Waals surface area (Å²) >= 11 is 3.62. The van der Waals surface area contributed by atoms with Gasteiger partial charge in [-0.25, -0.2) is 0 Å². The van der Waals surface area contributed by atoms with Gasteiger partial charge in [0.25, 0.3) is 0 Å². The average molecular weight is 340 g/mol. The molecule has 0 aromatic heterocycles. The number of benzene rings is 3. The van der Waals surface area contributed by atoms with Crippen molar-refractivity contribution in [2.75, 3.05) is 5.32 Å². The van der Waals surface area contributed by atoms with Crippen LogP contribution >= 0.6 is 15.9 Å². The Balaban J connectivity index is 1.92. The Hall–Kier alpha value is -1.80. The van der Waals surface area contributed by atoms with E-state index in [0.717, 1.165) is 11.0 Å². The lowest BCUT2D eigenvalue weighted by molar-refractivity contribution is 1.11. The van der Waals surface area contributed by atoms with Crippen LogP contribution in [0.2, 0.25) is 0 Å². The van der Waals surface area contributed by atoms with Gasteiger partial charge >= 0.3 is 0 Å². The maximum atomic E-state index is 3.62. The highest BCUT2D eigenvalue weighted by Gasteiger charge is 2.05. The number of nitrogens with one attached hydrogen (secondary N) is 1. The van der Waals surface area contributed by atoms with Crippen LogP contribution in [0.4, 0.5) is 5.69 Å². The smallest absolute Gasteiger partial charge is 0.0423 e. The topological polar surface area (TPSA) is 12.0 Å². The van der Waals surface area contributed by atoms with Crippen molar-refractivity contribution < 1.29 is 0 Å². The SMILES string of the molecule is Cc1ccc(C)c(CNc2ccc(Br)c3ccccc23)c1. The minimum Gasteiger partial charge on any atom is -0.380 e. The molecular weight excluding hydrogens is 322 g/mol. The number of anilines is 1. The molecule has 0 radical (unpaired) electrons. The van der Waals surface area contributed by atoms with Gasteiger partial charge in [-0.2, -0.15) is 0 Å². The molecule has 2 heteroatoms. The second-order valence-electron chi connectivity index (χ2n) is 5.42. The molecule has 3 aromatic carbocycles. The van der Waals surface area contributed by atoms with Crippen LogP contribution in [0.25, 0.3) is 10.8 Å². The zero-order valence-corrected chi connectivity index (χ0v) is 13.9. The number of halogens is 1. The third-order valence-electron chi connectivity index (χ3n) is 3.84. The highest BCUT2D eigenvalue weighted by atomic mass is 79.9. The molecule has 0 saturated carbocycles. The standard InChI is InChI=1S/C19H18BrN/c1-13-7-8-14(2)15(11-13)12-21-19-10-9-18(20)16-5-3-4-6-17(16)19/h3-11,21H,12H2,1-2H3. The van der Waals surface area contributed by atoms with Gasteiger partial charge in [0.1, 0.15) is 0 Å². The number of rotatable bonds is 3. The van der Waals surface area contributed by atoms with Crippen molar-refractivity contribution in [3.63, 3.8) is 0 Å². The fourth-order valence-electron chi connectivity index (χ4n) is 2.60. The van der Waals surface area contributed by atoms with E-state index in [0.29, 0.717) is 0 Å². The molecule has 0 heterocycles. The number of hydrogen-bond acceptors (Lipinski definition) is 1. The third kappa shape index (κ3) is 2.96. The summed E-state index contributed by atoms with van der Waals surface area (Å²) in [5.74, 6) is 0. The quantitative estimate of drug-likeness (QED) is 0.632. The minimum absolute atomic E-state index is 0.846. The molecule has 106 valence electrons. The summed E-state index contributed by atoms with van der Waals surface area (Å²) in [6.07, 6.45) is 0. The van der Waals surface area contributed by atoms with E-state index in [1.807, 2.05) is 0 Å². The predicted molar refractivity (Wildman–Crippen MR) is 94.9 cm³/mol. The Morgan fingerprint density at radius 1 is 0.905 bits per heavy atom. The van der Waals surface area contributed by atoms with Gasteiger partial charge in [0, 0.05) is 22.1 Å². The molecule has 21 heavy (non-hydrogen) atoms. The lowest BCUT2D eigenvalue weighted by Crippen LogP contribution is -2.02. The highest BCUT2D eigenvalue weighted by molar-refractivity contribution is 9.10. The van der Waals surface area contributed by atoms with Crippen molar-refractivity contribution in [3.8, 4) is 0 Å². The van der Waals surface area contributed by atoms with E-state index in [-0.39, 0.29) is 0 Å². The Morgan fingerprint density at radius 2 is 1.67 bits per heavy atom. The second-order valence-corrected chi connectivity index (χ2v) is 6.28. The van der Waals surface area contributed by atoms with Crippen molar-refractivity contribution in [2.24, 2.45) is 0 Å². The zero-order valence-electron chi connectivity index (χ0n) is 12.3. The summed E-state index contributed by atoms with van der Waals surface area (Å²) in [7, 11) is 0. The number of fused-ring (bicyclic) bond motifs is 1. The van der Waals surface area contributed by atoms with Gasteiger partial charge in [0.05, 0.1) is 0 Å². The molecule has 3 aromatic rings. The molecule has 0 unspecified atom stereocenters. The maximum absolute atomic E-state index is 3.62.